The number of halogens is 2. The first-order valence-electron chi connectivity index (χ1n) is 6.38. The number of hydrogen-bond acceptors (Lipinski definition) is 2. The van der Waals surface area contributed by atoms with Gasteiger partial charge in [0.25, 0.3) is 0 Å². The Kier molecular flexibility index (Phi) is 4.55. The minimum Gasteiger partial charge on any atom is -0.336 e. The van der Waals surface area contributed by atoms with E-state index in [1.165, 1.54) is 4.90 Å². The Balaban J connectivity index is 1.88. The molecule has 0 bridgehead atoms. The van der Waals surface area contributed by atoms with Crippen LogP contribution in [0.25, 0.3) is 0 Å². The van der Waals surface area contributed by atoms with Gasteiger partial charge in [-0.25, -0.2) is 0 Å². The number of likely N-dealkylation sites (N-methyl/N-ethyl adjacent to an activating group) is 1. The van der Waals surface area contributed by atoms with Crippen molar-refractivity contribution >= 4 is 40.7 Å². The highest BCUT2D eigenvalue weighted by Gasteiger charge is 2.40. The average molecular weight is 315 g/mol. The van der Waals surface area contributed by atoms with Crippen molar-refractivity contribution in [2.24, 2.45) is 11.8 Å². The molecular weight excluding hydrogens is 299 g/mol. The molecule has 0 unspecified atom stereocenters. The van der Waals surface area contributed by atoms with Crippen molar-refractivity contribution in [3.63, 3.8) is 0 Å². The molecule has 2 atom stereocenters. The van der Waals surface area contributed by atoms with E-state index in [4.69, 9.17) is 23.2 Å². The zero-order valence-corrected chi connectivity index (χ0v) is 12.8. The molecule has 1 fully saturated rings. The number of rotatable bonds is 4. The largest absolute Gasteiger partial charge is 0.336 e. The van der Waals surface area contributed by atoms with Crippen molar-refractivity contribution in [1.82, 2.24) is 4.90 Å². The van der Waals surface area contributed by atoms with Gasteiger partial charge in [0.15, 0.2) is 0 Å². The second kappa shape index (κ2) is 6.02. The van der Waals surface area contributed by atoms with E-state index >= 15 is 0 Å². The molecule has 1 aromatic rings. The third-order valence-electron chi connectivity index (χ3n) is 3.39. The number of anilines is 1. The number of carbonyl (C=O) groups excluding carboxylic acids is 2. The van der Waals surface area contributed by atoms with Gasteiger partial charge in [-0.15, -0.1) is 0 Å². The summed E-state index contributed by atoms with van der Waals surface area (Å²) in [5.74, 6) is 0.287. The molecule has 1 aliphatic carbocycles. The molecule has 2 rings (SSSR count). The van der Waals surface area contributed by atoms with Crippen LogP contribution >= 0.6 is 23.2 Å². The quantitative estimate of drug-likeness (QED) is 0.928. The Hall–Kier alpha value is -1.26. The van der Waals surface area contributed by atoms with Crippen LogP contribution in [0.1, 0.15) is 13.3 Å². The minimum atomic E-state index is -0.257. The van der Waals surface area contributed by atoms with Crippen LogP contribution in [0.15, 0.2) is 18.2 Å². The lowest BCUT2D eigenvalue weighted by atomic mass is 10.3. The van der Waals surface area contributed by atoms with Crippen LogP contribution in [-0.4, -0.2) is 30.3 Å². The summed E-state index contributed by atoms with van der Waals surface area (Å²) < 4.78 is 0. The number of benzene rings is 1. The lowest BCUT2D eigenvalue weighted by Gasteiger charge is -2.16. The second-order valence-corrected chi connectivity index (χ2v) is 6.01. The molecule has 6 heteroatoms. The summed E-state index contributed by atoms with van der Waals surface area (Å²) >= 11 is 11.7. The third-order valence-corrected chi connectivity index (χ3v) is 4.13. The SMILES string of the molecule is C[C@H]1C[C@@H]1C(=O)N(C)CC(=O)Nc1ccc(Cl)c(Cl)c1. The molecule has 1 saturated carbocycles. The zero-order valence-electron chi connectivity index (χ0n) is 11.3. The maximum atomic E-state index is 11.9. The highest BCUT2D eigenvalue weighted by Crippen LogP contribution is 2.38. The predicted molar refractivity (Wildman–Crippen MR) is 80.0 cm³/mol. The topological polar surface area (TPSA) is 49.4 Å². The van der Waals surface area contributed by atoms with Gasteiger partial charge in [0, 0.05) is 18.7 Å². The van der Waals surface area contributed by atoms with Crippen LogP contribution in [0.2, 0.25) is 10.0 Å². The van der Waals surface area contributed by atoms with Crippen LogP contribution in [0, 0.1) is 11.8 Å². The fourth-order valence-corrected chi connectivity index (χ4v) is 2.32. The summed E-state index contributed by atoms with van der Waals surface area (Å²) in [6.45, 7) is 2.06. The molecule has 4 nitrogen and oxygen atoms in total. The molecule has 1 aliphatic rings. The van der Waals surface area contributed by atoms with Crippen molar-refractivity contribution in [2.45, 2.75) is 13.3 Å². The fraction of sp³-hybridized carbons (Fsp3) is 0.429. The summed E-state index contributed by atoms with van der Waals surface area (Å²) in [5, 5.41) is 3.50. The van der Waals surface area contributed by atoms with E-state index in [9.17, 15) is 9.59 Å². The summed E-state index contributed by atoms with van der Waals surface area (Å²) in [4.78, 5) is 25.2. The van der Waals surface area contributed by atoms with Crippen LogP contribution in [0.4, 0.5) is 5.69 Å². The van der Waals surface area contributed by atoms with Crippen LogP contribution in [0.3, 0.4) is 0 Å². The first kappa shape index (κ1) is 15.1. The molecule has 0 heterocycles. The number of carbonyl (C=O) groups is 2. The molecule has 0 spiro atoms. The van der Waals surface area contributed by atoms with Gasteiger partial charge >= 0.3 is 0 Å². The van der Waals surface area contributed by atoms with Gasteiger partial charge < -0.3 is 10.2 Å². The summed E-state index contributed by atoms with van der Waals surface area (Å²) in [7, 11) is 1.64. The normalized spacial score (nSPS) is 20.4. The molecule has 0 saturated heterocycles. The van der Waals surface area contributed by atoms with Gasteiger partial charge in [-0.2, -0.15) is 0 Å². The maximum Gasteiger partial charge on any atom is 0.243 e. The summed E-state index contributed by atoms with van der Waals surface area (Å²) in [6.07, 6.45) is 0.914. The highest BCUT2D eigenvalue weighted by atomic mass is 35.5. The lowest BCUT2D eigenvalue weighted by Crippen LogP contribution is -2.36. The number of nitrogens with zero attached hydrogens (tertiary/aromatic N) is 1. The van der Waals surface area contributed by atoms with E-state index in [0.717, 1.165) is 6.42 Å². The van der Waals surface area contributed by atoms with Gasteiger partial charge in [-0.05, 0) is 30.5 Å². The van der Waals surface area contributed by atoms with Crippen molar-refractivity contribution in [2.75, 3.05) is 18.9 Å². The molecule has 0 aromatic heterocycles. The van der Waals surface area contributed by atoms with Crippen molar-refractivity contribution in [3.05, 3.63) is 28.2 Å². The Morgan fingerprint density at radius 2 is 2.00 bits per heavy atom. The van der Waals surface area contributed by atoms with Gasteiger partial charge in [-0.1, -0.05) is 30.1 Å². The fourth-order valence-electron chi connectivity index (χ4n) is 2.02. The zero-order chi connectivity index (χ0) is 14.9. The van der Waals surface area contributed by atoms with E-state index < -0.39 is 0 Å². The molecule has 1 aromatic carbocycles. The molecular formula is C14H16Cl2N2O2. The van der Waals surface area contributed by atoms with E-state index in [0.29, 0.717) is 21.7 Å². The van der Waals surface area contributed by atoms with Crippen molar-refractivity contribution in [1.29, 1.82) is 0 Å². The molecule has 0 radical (unpaired) electrons. The Bertz CT molecular complexity index is 548. The highest BCUT2D eigenvalue weighted by molar-refractivity contribution is 6.42. The Morgan fingerprint density at radius 3 is 2.55 bits per heavy atom. The molecule has 108 valence electrons. The number of nitrogens with one attached hydrogen (secondary N) is 1. The smallest absolute Gasteiger partial charge is 0.243 e. The predicted octanol–water partition coefficient (Wildman–Crippen LogP) is 3.05. The van der Waals surface area contributed by atoms with Gasteiger partial charge in [0.05, 0.1) is 16.6 Å². The van der Waals surface area contributed by atoms with Gasteiger partial charge in [0.2, 0.25) is 11.8 Å². The molecule has 0 aliphatic heterocycles. The third kappa shape index (κ3) is 3.64. The van der Waals surface area contributed by atoms with Crippen LogP contribution in [0.5, 0.6) is 0 Å². The van der Waals surface area contributed by atoms with E-state index in [1.807, 2.05) is 6.92 Å². The Labute approximate surface area is 128 Å². The first-order valence-corrected chi connectivity index (χ1v) is 7.14. The maximum absolute atomic E-state index is 11.9. The minimum absolute atomic E-state index is 0.0294. The number of hydrogen-bond donors (Lipinski definition) is 1. The number of amides is 2. The average Bonchev–Trinajstić information content (AvgIpc) is 3.10. The van der Waals surface area contributed by atoms with E-state index in [-0.39, 0.29) is 24.3 Å². The molecule has 2 amide bonds. The van der Waals surface area contributed by atoms with Gasteiger partial charge in [0.1, 0.15) is 0 Å². The van der Waals surface area contributed by atoms with Crippen LogP contribution in [-0.2, 0) is 9.59 Å². The van der Waals surface area contributed by atoms with E-state index in [1.54, 1.807) is 25.2 Å². The first-order chi connectivity index (χ1) is 9.38. The van der Waals surface area contributed by atoms with Gasteiger partial charge in [-0.3, -0.25) is 9.59 Å². The monoisotopic (exact) mass is 314 g/mol. The standard InChI is InChI=1S/C14H16Cl2N2O2/c1-8-5-10(8)14(20)18(2)7-13(19)17-9-3-4-11(15)12(16)6-9/h3-4,6,8,10H,5,7H2,1-2H3,(H,17,19)/t8-,10-/m0/s1. The Morgan fingerprint density at radius 1 is 1.35 bits per heavy atom. The van der Waals surface area contributed by atoms with Crippen molar-refractivity contribution < 1.29 is 9.59 Å². The van der Waals surface area contributed by atoms with Crippen LogP contribution < -0.4 is 5.32 Å². The molecule has 20 heavy (non-hydrogen) atoms. The van der Waals surface area contributed by atoms with E-state index in [2.05, 4.69) is 5.32 Å². The lowest BCUT2D eigenvalue weighted by molar-refractivity contribution is -0.134. The summed E-state index contributed by atoms with van der Waals surface area (Å²) in [6, 6.07) is 4.85. The summed E-state index contributed by atoms with van der Waals surface area (Å²) in [5.41, 5.74) is 0.560. The van der Waals surface area contributed by atoms with Crippen molar-refractivity contribution in [3.8, 4) is 0 Å². The second-order valence-electron chi connectivity index (χ2n) is 5.19. The molecule has 1 N–H and O–H groups in total.